The van der Waals surface area contributed by atoms with Gasteiger partial charge in [0.15, 0.2) is 0 Å². The minimum absolute atomic E-state index is 0.0674. The predicted molar refractivity (Wildman–Crippen MR) is 95.1 cm³/mol. The summed E-state index contributed by atoms with van der Waals surface area (Å²) in [5, 5.41) is 9.82. The smallest absolute Gasteiger partial charge is 0.411 e. The van der Waals surface area contributed by atoms with Gasteiger partial charge in [-0.15, -0.1) is 10.2 Å². The average molecular weight is 393 g/mol. The number of anilines is 1. The van der Waals surface area contributed by atoms with Crippen LogP contribution in [0.3, 0.4) is 0 Å². The molecule has 3 aromatic rings. The molecule has 27 heavy (non-hydrogen) atoms. The van der Waals surface area contributed by atoms with Crippen molar-refractivity contribution in [3.8, 4) is 11.5 Å². The number of aromatic nitrogens is 2. The summed E-state index contributed by atoms with van der Waals surface area (Å²) in [6, 6.07) is 13.6. The molecule has 0 saturated heterocycles. The van der Waals surface area contributed by atoms with Crippen molar-refractivity contribution in [2.45, 2.75) is 23.6 Å². The minimum atomic E-state index is -4.47. The van der Waals surface area contributed by atoms with Crippen LogP contribution in [0, 0.1) is 0 Å². The molecule has 1 N–H and O–H groups in total. The fraction of sp³-hybridized carbons (Fsp3) is 0.167. The molecular weight excluding hydrogens is 379 g/mol. The minimum Gasteiger partial charge on any atom is -0.411 e. The fourth-order valence-electron chi connectivity index (χ4n) is 2.18. The molecule has 1 aromatic heterocycles. The summed E-state index contributed by atoms with van der Waals surface area (Å²) in [5.74, 6) is -0.151. The van der Waals surface area contributed by atoms with Crippen LogP contribution in [0.2, 0.25) is 0 Å². The third kappa shape index (κ3) is 4.88. The Morgan fingerprint density at radius 2 is 1.85 bits per heavy atom. The summed E-state index contributed by atoms with van der Waals surface area (Å²) >= 11 is 1.02. The summed E-state index contributed by atoms with van der Waals surface area (Å²) in [6.07, 6.45) is -4.47. The van der Waals surface area contributed by atoms with E-state index in [4.69, 9.17) is 4.42 Å². The van der Waals surface area contributed by atoms with Gasteiger partial charge in [-0.1, -0.05) is 36.0 Å². The highest BCUT2D eigenvalue weighted by molar-refractivity contribution is 8.00. The Morgan fingerprint density at radius 3 is 2.56 bits per heavy atom. The summed E-state index contributed by atoms with van der Waals surface area (Å²) < 4.78 is 43.8. The highest BCUT2D eigenvalue weighted by atomic mass is 32.2. The molecule has 3 rings (SSSR count). The lowest BCUT2D eigenvalue weighted by atomic mass is 10.2. The number of amides is 1. The van der Waals surface area contributed by atoms with Crippen LogP contribution >= 0.6 is 11.8 Å². The monoisotopic (exact) mass is 393 g/mol. The Hall–Kier alpha value is -2.81. The Bertz CT molecular complexity index is 929. The fourth-order valence-corrected chi connectivity index (χ4v) is 2.86. The van der Waals surface area contributed by atoms with Crippen molar-refractivity contribution in [2.24, 2.45) is 0 Å². The van der Waals surface area contributed by atoms with Gasteiger partial charge >= 0.3 is 6.18 Å². The number of nitrogens with one attached hydrogen (secondary N) is 1. The van der Waals surface area contributed by atoms with E-state index >= 15 is 0 Å². The molecule has 0 unspecified atom stereocenters. The van der Waals surface area contributed by atoms with E-state index in [1.165, 1.54) is 12.1 Å². The van der Waals surface area contributed by atoms with Crippen LogP contribution in [0.4, 0.5) is 18.9 Å². The number of carbonyl (C=O) groups is 1. The van der Waals surface area contributed by atoms with Gasteiger partial charge in [-0.2, -0.15) is 13.2 Å². The van der Waals surface area contributed by atoms with Crippen molar-refractivity contribution < 1.29 is 22.4 Å². The van der Waals surface area contributed by atoms with E-state index in [2.05, 4.69) is 15.5 Å². The van der Waals surface area contributed by atoms with Gasteiger partial charge in [-0.05, 0) is 37.3 Å². The zero-order chi connectivity index (χ0) is 19.4. The van der Waals surface area contributed by atoms with Crippen molar-refractivity contribution in [1.82, 2.24) is 10.2 Å². The van der Waals surface area contributed by atoms with Crippen molar-refractivity contribution in [3.63, 3.8) is 0 Å². The molecule has 0 fully saturated rings. The average Bonchev–Trinajstić information content (AvgIpc) is 3.10. The molecule has 140 valence electrons. The summed E-state index contributed by atoms with van der Waals surface area (Å²) in [5.41, 5.74) is -0.0132. The van der Waals surface area contributed by atoms with Crippen LogP contribution in [-0.2, 0) is 11.0 Å². The summed E-state index contributed by atoms with van der Waals surface area (Å²) in [6.45, 7) is 1.60. The molecule has 2 aromatic carbocycles. The zero-order valence-electron chi connectivity index (χ0n) is 14.0. The van der Waals surface area contributed by atoms with Crippen LogP contribution in [0.5, 0.6) is 0 Å². The number of thioether (sulfide) groups is 1. The van der Waals surface area contributed by atoms with E-state index in [9.17, 15) is 18.0 Å². The lowest BCUT2D eigenvalue weighted by molar-refractivity contribution is -0.137. The largest absolute Gasteiger partial charge is 0.416 e. The Balaban J connectivity index is 1.64. The molecule has 0 aliphatic heterocycles. The topological polar surface area (TPSA) is 68.0 Å². The molecule has 0 bridgehead atoms. The number of benzene rings is 2. The number of carbonyl (C=O) groups excluding carboxylic acids is 1. The molecule has 0 aliphatic carbocycles. The molecule has 1 heterocycles. The maximum atomic E-state index is 12.7. The molecule has 0 radical (unpaired) electrons. The van der Waals surface area contributed by atoms with Gasteiger partial charge in [0.1, 0.15) is 0 Å². The van der Waals surface area contributed by atoms with Gasteiger partial charge in [0.05, 0.1) is 10.8 Å². The van der Waals surface area contributed by atoms with Gasteiger partial charge in [0.25, 0.3) is 5.22 Å². The third-order valence-electron chi connectivity index (χ3n) is 3.53. The number of rotatable bonds is 5. The Morgan fingerprint density at radius 1 is 1.11 bits per heavy atom. The van der Waals surface area contributed by atoms with Crippen molar-refractivity contribution in [2.75, 3.05) is 5.32 Å². The normalized spacial score (nSPS) is 12.6. The summed E-state index contributed by atoms with van der Waals surface area (Å²) in [4.78, 5) is 12.3. The Labute approximate surface area is 157 Å². The molecule has 0 spiro atoms. The van der Waals surface area contributed by atoms with Gasteiger partial charge in [-0.25, -0.2) is 0 Å². The van der Waals surface area contributed by atoms with E-state index < -0.39 is 22.9 Å². The number of halogens is 3. The van der Waals surface area contributed by atoms with Crippen molar-refractivity contribution in [3.05, 3.63) is 60.2 Å². The molecule has 5 nitrogen and oxygen atoms in total. The van der Waals surface area contributed by atoms with Crippen molar-refractivity contribution >= 4 is 23.4 Å². The molecule has 1 amide bonds. The first-order valence-corrected chi connectivity index (χ1v) is 8.74. The second kappa shape index (κ2) is 7.83. The van der Waals surface area contributed by atoms with E-state index in [0.29, 0.717) is 5.89 Å². The summed E-state index contributed by atoms with van der Waals surface area (Å²) in [7, 11) is 0. The molecule has 0 saturated carbocycles. The standard InChI is InChI=1S/C18H14F3N3O2S/c1-11(15(25)22-14-9-5-8-13(10-14)18(19,20)21)27-17-24-23-16(26-17)12-6-3-2-4-7-12/h2-11H,1H3,(H,22,25)/t11-/m1/s1. The van der Waals surface area contributed by atoms with Gasteiger partial charge < -0.3 is 9.73 Å². The van der Waals surface area contributed by atoms with Crippen LogP contribution in [-0.4, -0.2) is 21.4 Å². The first-order chi connectivity index (χ1) is 12.8. The third-order valence-corrected chi connectivity index (χ3v) is 4.47. The molecule has 9 heteroatoms. The highest BCUT2D eigenvalue weighted by Crippen LogP contribution is 2.31. The quantitative estimate of drug-likeness (QED) is 0.626. The molecule has 0 aliphatic rings. The maximum Gasteiger partial charge on any atom is 0.416 e. The lowest BCUT2D eigenvalue weighted by Gasteiger charge is -2.12. The Kier molecular flexibility index (Phi) is 5.50. The van der Waals surface area contributed by atoms with Crippen molar-refractivity contribution in [1.29, 1.82) is 0 Å². The van der Waals surface area contributed by atoms with Crippen LogP contribution in [0.15, 0.2) is 64.2 Å². The van der Waals surface area contributed by atoms with Crippen LogP contribution in [0.25, 0.3) is 11.5 Å². The molecular formula is C18H14F3N3O2S. The second-order valence-electron chi connectivity index (χ2n) is 5.57. The van der Waals surface area contributed by atoms with Gasteiger partial charge in [-0.3, -0.25) is 4.79 Å². The number of nitrogens with zero attached hydrogens (tertiary/aromatic N) is 2. The second-order valence-corrected chi connectivity index (χ2v) is 6.86. The van der Waals surface area contributed by atoms with E-state index in [1.807, 2.05) is 30.3 Å². The zero-order valence-corrected chi connectivity index (χ0v) is 14.8. The number of hydrogen-bond donors (Lipinski definition) is 1. The van der Waals surface area contributed by atoms with Crippen LogP contribution < -0.4 is 5.32 Å². The van der Waals surface area contributed by atoms with E-state index in [1.54, 1.807) is 6.92 Å². The highest BCUT2D eigenvalue weighted by Gasteiger charge is 2.30. The van der Waals surface area contributed by atoms with E-state index in [0.717, 1.165) is 29.5 Å². The SMILES string of the molecule is C[C@@H](Sc1nnc(-c2ccccc2)o1)C(=O)Nc1cccc(C(F)(F)F)c1. The predicted octanol–water partition coefficient (Wildman–Crippen LogP) is 4.87. The molecule has 1 atom stereocenters. The first-order valence-electron chi connectivity index (χ1n) is 7.86. The lowest BCUT2D eigenvalue weighted by Crippen LogP contribution is -2.22. The van der Waals surface area contributed by atoms with Crippen LogP contribution in [0.1, 0.15) is 12.5 Å². The maximum absolute atomic E-state index is 12.7. The van der Waals surface area contributed by atoms with Gasteiger partial charge in [0.2, 0.25) is 11.8 Å². The first kappa shape index (κ1) is 19.0. The number of hydrogen-bond acceptors (Lipinski definition) is 5. The van der Waals surface area contributed by atoms with Gasteiger partial charge in [0, 0.05) is 11.3 Å². The van der Waals surface area contributed by atoms with E-state index in [-0.39, 0.29) is 10.9 Å². The number of alkyl halides is 3.